The van der Waals surface area contributed by atoms with Gasteiger partial charge in [0.25, 0.3) is 17.7 Å². The van der Waals surface area contributed by atoms with E-state index in [9.17, 15) is 9.59 Å². The minimum atomic E-state index is -0.152. The molecule has 3 aliphatic rings. The molecule has 7 heteroatoms. The molecule has 2 amide bonds. The fourth-order valence-corrected chi connectivity index (χ4v) is 5.63. The van der Waals surface area contributed by atoms with Crippen LogP contribution in [0.15, 0.2) is 15.7 Å². The summed E-state index contributed by atoms with van der Waals surface area (Å²) in [6.45, 7) is 1.78. The Hall–Kier alpha value is -2.28. The van der Waals surface area contributed by atoms with E-state index in [-0.39, 0.29) is 11.8 Å². The molecule has 26 heavy (non-hydrogen) atoms. The summed E-state index contributed by atoms with van der Waals surface area (Å²) < 4.78 is 5.45. The fourth-order valence-electron chi connectivity index (χ4n) is 4.25. The molecule has 2 aromatic heterocycles. The van der Waals surface area contributed by atoms with E-state index in [2.05, 4.69) is 10.1 Å². The topological polar surface area (TPSA) is 76.3 Å². The summed E-state index contributed by atoms with van der Waals surface area (Å²) in [6, 6.07) is 0. The molecular weight excluding hydrogens is 350 g/mol. The summed E-state index contributed by atoms with van der Waals surface area (Å²) in [5.74, 6) is 0.669. The SMILES string of the molecule is Cc1noc(-c2c(N3C(=O)C4=C(CCCC4)C3=O)sc3c2CCCC3)n1. The highest BCUT2D eigenvalue weighted by Crippen LogP contribution is 2.48. The summed E-state index contributed by atoms with van der Waals surface area (Å²) >= 11 is 1.55. The zero-order valence-corrected chi connectivity index (χ0v) is 15.4. The zero-order valence-electron chi connectivity index (χ0n) is 14.6. The number of carbonyl (C=O) groups is 2. The molecule has 0 unspecified atom stereocenters. The van der Waals surface area contributed by atoms with Gasteiger partial charge in [0.05, 0.1) is 5.56 Å². The molecule has 0 saturated heterocycles. The van der Waals surface area contributed by atoms with E-state index >= 15 is 0 Å². The molecule has 5 rings (SSSR count). The van der Waals surface area contributed by atoms with Crippen LogP contribution in [-0.4, -0.2) is 22.0 Å². The van der Waals surface area contributed by atoms with Gasteiger partial charge < -0.3 is 4.52 Å². The maximum atomic E-state index is 13.0. The number of aryl methyl sites for hydroxylation is 2. The molecule has 0 aromatic carbocycles. The van der Waals surface area contributed by atoms with E-state index in [4.69, 9.17) is 4.52 Å². The van der Waals surface area contributed by atoms with Gasteiger partial charge in [0.15, 0.2) is 5.82 Å². The normalized spacial score (nSPS) is 20.0. The van der Waals surface area contributed by atoms with E-state index in [0.717, 1.165) is 44.1 Å². The molecule has 0 atom stereocenters. The first-order valence-corrected chi connectivity index (χ1v) is 10.0. The third-order valence-corrected chi connectivity index (χ3v) is 6.76. The highest BCUT2D eigenvalue weighted by atomic mass is 32.1. The first-order chi connectivity index (χ1) is 12.6. The van der Waals surface area contributed by atoms with Gasteiger partial charge in [0, 0.05) is 16.0 Å². The molecule has 2 aliphatic carbocycles. The molecular formula is C19H19N3O3S. The highest BCUT2D eigenvalue weighted by molar-refractivity contribution is 7.17. The number of rotatable bonds is 2. The van der Waals surface area contributed by atoms with Crippen LogP contribution in [0.3, 0.4) is 0 Å². The predicted octanol–water partition coefficient (Wildman–Crippen LogP) is 3.73. The maximum absolute atomic E-state index is 13.0. The van der Waals surface area contributed by atoms with Crippen molar-refractivity contribution >= 4 is 28.2 Å². The van der Waals surface area contributed by atoms with Gasteiger partial charge in [-0.2, -0.15) is 4.98 Å². The van der Waals surface area contributed by atoms with E-state index in [0.29, 0.717) is 40.7 Å². The standard InChI is InChI=1S/C19H19N3O3S/c1-10-20-16(25-21-10)15-13-8-4-5-9-14(13)26-19(15)22-17(23)11-6-2-3-7-12(11)18(22)24/h2-9H2,1H3. The van der Waals surface area contributed by atoms with Crippen molar-refractivity contribution in [3.05, 3.63) is 27.4 Å². The van der Waals surface area contributed by atoms with E-state index < -0.39 is 0 Å². The Bertz CT molecular complexity index is 941. The lowest BCUT2D eigenvalue weighted by molar-refractivity contribution is -0.120. The number of aromatic nitrogens is 2. The summed E-state index contributed by atoms with van der Waals surface area (Å²) in [4.78, 5) is 33.1. The number of hydrogen-bond acceptors (Lipinski definition) is 6. The minimum Gasteiger partial charge on any atom is -0.334 e. The number of anilines is 1. The van der Waals surface area contributed by atoms with Gasteiger partial charge in [-0.15, -0.1) is 11.3 Å². The Labute approximate surface area is 154 Å². The maximum Gasteiger partial charge on any atom is 0.262 e. The first-order valence-electron chi connectivity index (χ1n) is 9.21. The van der Waals surface area contributed by atoms with Gasteiger partial charge in [-0.3, -0.25) is 9.59 Å². The third kappa shape index (κ3) is 2.23. The van der Waals surface area contributed by atoms with E-state index in [1.807, 2.05) is 0 Å². The predicted molar refractivity (Wildman–Crippen MR) is 97.0 cm³/mol. The van der Waals surface area contributed by atoms with Crippen LogP contribution in [0.5, 0.6) is 0 Å². The minimum absolute atomic E-state index is 0.152. The number of thiophene rings is 1. The smallest absolute Gasteiger partial charge is 0.262 e. The van der Waals surface area contributed by atoms with Crippen LogP contribution >= 0.6 is 11.3 Å². The van der Waals surface area contributed by atoms with Gasteiger partial charge in [0.1, 0.15) is 5.00 Å². The average molecular weight is 369 g/mol. The van der Waals surface area contributed by atoms with Crippen molar-refractivity contribution in [2.45, 2.75) is 58.3 Å². The van der Waals surface area contributed by atoms with Crippen molar-refractivity contribution in [2.75, 3.05) is 4.90 Å². The lowest BCUT2D eigenvalue weighted by Gasteiger charge is -2.15. The van der Waals surface area contributed by atoms with Crippen molar-refractivity contribution < 1.29 is 14.1 Å². The van der Waals surface area contributed by atoms with Crippen molar-refractivity contribution in [3.63, 3.8) is 0 Å². The second-order valence-corrected chi connectivity index (χ2v) is 8.23. The second-order valence-electron chi connectivity index (χ2n) is 7.15. The van der Waals surface area contributed by atoms with Crippen LogP contribution in [0.4, 0.5) is 5.00 Å². The summed E-state index contributed by atoms with van der Waals surface area (Å²) in [5.41, 5.74) is 3.39. The molecule has 6 nitrogen and oxygen atoms in total. The molecule has 0 bridgehead atoms. The summed E-state index contributed by atoms with van der Waals surface area (Å²) in [5, 5.41) is 4.59. The van der Waals surface area contributed by atoms with Gasteiger partial charge in [0.2, 0.25) is 0 Å². The van der Waals surface area contributed by atoms with Crippen molar-refractivity contribution in [3.8, 4) is 11.5 Å². The van der Waals surface area contributed by atoms with E-state index in [1.165, 1.54) is 15.3 Å². The Kier molecular flexibility index (Phi) is 3.60. The number of hydrogen-bond donors (Lipinski definition) is 0. The van der Waals surface area contributed by atoms with Crippen LogP contribution in [-0.2, 0) is 22.4 Å². The number of fused-ring (bicyclic) bond motifs is 1. The quantitative estimate of drug-likeness (QED) is 0.754. The number of amides is 2. The zero-order chi connectivity index (χ0) is 17.8. The first kappa shape index (κ1) is 15.9. The van der Waals surface area contributed by atoms with Crippen LogP contribution < -0.4 is 4.90 Å². The lowest BCUT2D eigenvalue weighted by atomic mass is 9.93. The fraction of sp³-hybridized carbons (Fsp3) is 0.474. The van der Waals surface area contributed by atoms with Crippen molar-refractivity contribution in [1.82, 2.24) is 10.1 Å². The lowest BCUT2D eigenvalue weighted by Crippen LogP contribution is -2.31. The number of imide groups is 1. The number of carbonyl (C=O) groups excluding carboxylic acids is 2. The molecule has 3 heterocycles. The Balaban J connectivity index is 1.67. The average Bonchev–Trinajstić information content (AvgIpc) is 3.30. The van der Waals surface area contributed by atoms with Crippen LogP contribution in [0.25, 0.3) is 11.5 Å². The van der Waals surface area contributed by atoms with Gasteiger partial charge in [-0.1, -0.05) is 5.16 Å². The van der Waals surface area contributed by atoms with Gasteiger partial charge in [-0.05, 0) is 63.9 Å². The molecule has 0 fully saturated rings. The molecule has 1 aliphatic heterocycles. The monoisotopic (exact) mass is 369 g/mol. The van der Waals surface area contributed by atoms with Gasteiger partial charge in [-0.25, -0.2) is 4.90 Å². The van der Waals surface area contributed by atoms with Gasteiger partial charge >= 0.3 is 0 Å². The van der Waals surface area contributed by atoms with Crippen molar-refractivity contribution in [2.24, 2.45) is 0 Å². The Morgan fingerprint density at radius 1 is 0.962 bits per heavy atom. The molecule has 0 spiro atoms. The molecule has 0 radical (unpaired) electrons. The number of nitrogens with zero attached hydrogens (tertiary/aromatic N) is 3. The Morgan fingerprint density at radius 3 is 2.27 bits per heavy atom. The summed E-state index contributed by atoms with van der Waals surface area (Å²) in [7, 11) is 0. The molecule has 134 valence electrons. The van der Waals surface area contributed by atoms with E-state index in [1.54, 1.807) is 18.3 Å². The largest absolute Gasteiger partial charge is 0.334 e. The van der Waals surface area contributed by atoms with Crippen LogP contribution in [0, 0.1) is 6.92 Å². The van der Waals surface area contributed by atoms with Crippen molar-refractivity contribution in [1.29, 1.82) is 0 Å². The second kappa shape index (κ2) is 5.87. The van der Waals surface area contributed by atoms with Crippen LogP contribution in [0.1, 0.15) is 54.8 Å². The summed E-state index contributed by atoms with van der Waals surface area (Å²) in [6.07, 6.45) is 7.49. The molecule has 0 saturated carbocycles. The highest BCUT2D eigenvalue weighted by Gasteiger charge is 2.43. The Morgan fingerprint density at radius 2 is 1.62 bits per heavy atom. The molecule has 2 aromatic rings. The third-order valence-electron chi connectivity index (χ3n) is 5.49. The van der Waals surface area contributed by atoms with Crippen LogP contribution in [0.2, 0.25) is 0 Å². The molecule has 0 N–H and O–H groups in total.